The lowest BCUT2D eigenvalue weighted by Gasteiger charge is -2.21. The summed E-state index contributed by atoms with van der Waals surface area (Å²) in [5.74, 6) is -0.891. The molecule has 2 nitrogen and oxygen atoms in total. The zero-order valence-electron chi connectivity index (χ0n) is 12.4. The molecule has 1 N–H and O–H groups in total. The first-order valence-electron chi connectivity index (χ1n) is 6.80. The Kier molecular flexibility index (Phi) is 4.46. The van der Waals surface area contributed by atoms with Crippen molar-refractivity contribution in [3.63, 3.8) is 0 Å². The minimum absolute atomic E-state index is 0.231. The zero-order chi connectivity index (χ0) is 15.5. The summed E-state index contributed by atoms with van der Waals surface area (Å²) in [5, 5.41) is 3.05. The molecule has 0 radical (unpaired) electrons. The monoisotopic (exact) mass is 291 g/mol. The van der Waals surface area contributed by atoms with E-state index in [1.807, 2.05) is 45.0 Å². The summed E-state index contributed by atoms with van der Waals surface area (Å²) >= 11 is 0. The Morgan fingerprint density at radius 2 is 1.62 bits per heavy atom. The van der Waals surface area contributed by atoms with Crippen LogP contribution in [0.5, 0.6) is 5.75 Å². The number of halogens is 2. The summed E-state index contributed by atoms with van der Waals surface area (Å²) in [7, 11) is 0. The maximum absolute atomic E-state index is 13.1. The SMILES string of the molecule is CC(C)(C)Oc1ccc(CNc2ccc(F)c(F)c2)cc1. The highest BCUT2D eigenvalue weighted by Crippen LogP contribution is 2.19. The van der Waals surface area contributed by atoms with Gasteiger partial charge in [-0.15, -0.1) is 0 Å². The first kappa shape index (κ1) is 15.3. The topological polar surface area (TPSA) is 21.3 Å². The standard InChI is InChI=1S/C17H19F2NO/c1-17(2,3)21-14-7-4-12(5-8-14)11-20-13-6-9-15(18)16(19)10-13/h4-10,20H,11H2,1-3H3. The summed E-state index contributed by atoms with van der Waals surface area (Å²) in [6.07, 6.45) is 0. The molecule has 0 spiro atoms. The van der Waals surface area contributed by atoms with Crippen LogP contribution in [0.25, 0.3) is 0 Å². The predicted octanol–water partition coefficient (Wildman–Crippen LogP) is 4.75. The Morgan fingerprint density at radius 3 is 2.19 bits per heavy atom. The van der Waals surface area contributed by atoms with Crippen molar-refractivity contribution in [3.05, 3.63) is 59.7 Å². The second-order valence-electron chi connectivity index (χ2n) is 5.84. The van der Waals surface area contributed by atoms with Crippen LogP contribution >= 0.6 is 0 Å². The van der Waals surface area contributed by atoms with Gasteiger partial charge < -0.3 is 10.1 Å². The molecule has 0 heterocycles. The number of ether oxygens (including phenoxy) is 1. The Labute approximate surface area is 123 Å². The molecule has 4 heteroatoms. The van der Waals surface area contributed by atoms with Gasteiger partial charge in [-0.25, -0.2) is 8.78 Å². The molecule has 0 bridgehead atoms. The summed E-state index contributed by atoms with van der Waals surface area (Å²) in [6.45, 7) is 6.50. The lowest BCUT2D eigenvalue weighted by atomic mass is 10.1. The number of nitrogens with one attached hydrogen (secondary N) is 1. The number of hydrogen-bond acceptors (Lipinski definition) is 2. The van der Waals surface area contributed by atoms with Crippen LogP contribution in [0, 0.1) is 11.6 Å². The van der Waals surface area contributed by atoms with Crippen LogP contribution in [0.4, 0.5) is 14.5 Å². The van der Waals surface area contributed by atoms with E-state index in [-0.39, 0.29) is 5.60 Å². The van der Waals surface area contributed by atoms with Crippen molar-refractivity contribution in [2.75, 3.05) is 5.32 Å². The second kappa shape index (κ2) is 6.12. The Hall–Kier alpha value is -2.10. The van der Waals surface area contributed by atoms with Crippen LogP contribution < -0.4 is 10.1 Å². The minimum atomic E-state index is -0.853. The molecule has 0 atom stereocenters. The van der Waals surface area contributed by atoms with Crippen molar-refractivity contribution in [1.29, 1.82) is 0 Å². The molecule has 21 heavy (non-hydrogen) atoms. The summed E-state index contributed by atoms with van der Waals surface area (Å²) < 4.78 is 31.6. The fraction of sp³-hybridized carbons (Fsp3) is 0.294. The molecule has 0 amide bonds. The van der Waals surface area contributed by atoms with Gasteiger partial charge in [0.15, 0.2) is 11.6 Å². The molecule has 0 aliphatic rings. The third-order valence-electron chi connectivity index (χ3n) is 2.76. The minimum Gasteiger partial charge on any atom is -0.488 e. The predicted molar refractivity (Wildman–Crippen MR) is 80.5 cm³/mol. The van der Waals surface area contributed by atoms with E-state index in [0.29, 0.717) is 12.2 Å². The van der Waals surface area contributed by atoms with Gasteiger partial charge in [-0.2, -0.15) is 0 Å². The number of benzene rings is 2. The molecular weight excluding hydrogens is 272 g/mol. The van der Waals surface area contributed by atoms with Gasteiger partial charge in [0.2, 0.25) is 0 Å². The zero-order valence-corrected chi connectivity index (χ0v) is 12.4. The van der Waals surface area contributed by atoms with Crippen molar-refractivity contribution in [3.8, 4) is 5.75 Å². The quantitative estimate of drug-likeness (QED) is 0.877. The van der Waals surface area contributed by atoms with Gasteiger partial charge in [-0.1, -0.05) is 12.1 Å². The summed E-state index contributed by atoms with van der Waals surface area (Å²) in [6, 6.07) is 11.4. The summed E-state index contributed by atoms with van der Waals surface area (Å²) in [5.41, 5.74) is 1.34. The maximum Gasteiger partial charge on any atom is 0.160 e. The average molecular weight is 291 g/mol. The normalized spacial score (nSPS) is 11.3. The molecule has 0 unspecified atom stereocenters. The van der Waals surface area contributed by atoms with Crippen LogP contribution in [0.15, 0.2) is 42.5 Å². The summed E-state index contributed by atoms with van der Waals surface area (Å²) in [4.78, 5) is 0. The lowest BCUT2D eigenvalue weighted by molar-refractivity contribution is 0.131. The highest BCUT2D eigenvalue weighted by Gasteiger charge is 2.11. The van der Waals surface area contributed by atoms with Gasteiger partial charge in [-0.3, -0.25) is 0 Å². The van der Waals surface area contributed by atoms with E-state index >= 15 is 0 Å². The van der Waals surface area contributed by atoms with E-state index < -0.39 is 11.6 Å². The third-order valence-corrected chi connectivity index (χ3v) is 2.76. The van der Waals surface area contributed by atoms with Gasteiger partial charge in [0.05, 0.1) is 0 Å². The number of rotatable bonds is 4. The molecule has 0 fully saturated rings. The van der Waals surface area contributed by atoms with E-state index in [4.69, 9.17) is 4.74 Å². The van der Waals surface area contributed by atoms with Gasteiger partial charge in [0.1, 0.15) is 11.4 Å². The Bertz CT molecular complexity index is 603. The molecule has 0 saturated heterocycles. The lowest BCUT2D eigenvalue weighted by Crippen LogP contribution is -2.22. The van der Waals surface area contributed by atoms with Crippen LogP contribution in [0.2, 0.25) is 0 Å². The molecule has 2 aromatic carbocycles. The van der Waals surface area contributed by atoms with E-state index in [9.17, 15) is 8.78 Å². The molecule has 2 rings (SSSR count). The fourth-order valence-electron chi connectivity index (χ4n) is 1.84. The molecule has 0 saturated carbocycles. The van der Waals surface area contributed by atoms with Crippen molar-refractivity contribution < 1.29 is 13.5 Å². The number of anilines is 1. The van der Waals surface area contributed by atoms with Gasteiger partial charge in [0.25, 0.3) is 0 Å². The van der Waals surface area contributed by atoms with Gasteiger partial charge >= 0.3 is 0 Å². The van der Waals surface area contributed by atoms with E-state index in [0.717, 1.165) is 23.4 Å². The van der Waals surface area contributed by atoms with Crippen LogP contribution in [-0.4, -0.2) is 5.60 Å². The van der Waals surface area contributed by atoms with E-state index in [2.05, 4.69) is 5.32 Å². The first-order chi connectivity index (χ1) is 9.83. The molecule has 2 aromatic rings. The highest BCUT2D eigenvalue weighted by molar-refractivity contribution is 5.44. The fourth-order valence-corrected chi connectivity index (χ4v) is 1.84. The molecule has 0 aliphatic heterocycles. The Morgan fingerprint density at radius 1 is 0.952 bits per heavy atom. The van der Waals surface area contributed by atoms with E-state index in [1.54, 1.807) is 0 Å². The second-order valence-corrected chi connectivity index (χ2v) is 5.84. The van der Waals surface area contributed by atoms with Gasteiger partial charge in [0, 0.05) is 18.3 Å². The average Bonchev–Trinajstić information content (AvgIpc) is 2.40. The van der Waals surface area contributed by atoms with Crippen LogP contribution in [-0.2, 0) is 6.54 Å². The smallest absolute Gasteiger partial charge is 0.160 e. The first-order valence-corrected chi connectivity index (χ1v) is 6.80. The van der Waals surface area contributed by atoms with E-state index in [1.165, 1.54) is 6.07 Å². The van der Waals surface area contributed by atoms with Crippen LogP contribution in [0.3, 0.4) is 0 Å². The van der Waals surface area contributed by atoms with Crippen molar-refractivity contribution >= 4 is 5.69 Å². The highest BCUT2D eigenvalue weighted by atomic mass is 19.2. The van der Waals surface area contributed by atoms with Crippen molar-refractivity contribution in [2.45, 2.75) is 32.9 Å². The molecule has 112 valence electrons. The third kappa shape index (κ3) is 4.74. The molecule has 0 aliphatic carbocycles. The number of hydrogen-bond donors (Lipinski definition) is 1. The van der Waals surface area contributed by atoms with Gasteiger partial charge in [-0.05, 0) is 50.6 Å². The largest absolute Gasteiger partial charge is 0.488 e. The maximum atomic E-state index is 13.1. The molecular formula is C17H19F2NO. The van der Waals surface area contributed by atoms with Crippen LogP contribution in [0.1, 0.15) is 26.3 Å². The van der Waals surface area contributed by atoms with Crippen molar-refractivity contribution in [1.82, 2.24) is 0 Å². The van der Waals surface area contributed by atoms with Crippen molar-refractivity contribution in [2.24, 2.45) is 0 Å². The Balaban J connectivity index is 1.96. The molecule has 0 aromatic heterocycles.